The van der Waals surface area contributed by atoms with Crippen LogP contribution in [0.3, 0.4) is 0 Å². The molecule has 0 saturated carbocycles. The summed E-state index contributed by atoms with van der Waals surface area (Å²) in [5.74, 6) is -0.558. The van der Waals surface area contributed by atoms with Crippen molar-refractivity contribution in [1.29, 1.82) is 0 Å². The van der Waals surface area contributed by atoms with Gasteiger partial charge in [0.05, 0.1) is 12.2 Å². The summed E-state index contributed by atoms with van der Waals surface area (Å²) in [6.45, 7) is 1.53. The van der Waals surface area contributed by atoms with Crippen molar-refractivity contribution in [2.24, 2.45) is 0 Å². The standard InChI is InChI=1S/C22H20ClF4N3/c23-17-7-6-16(19(24)12-17)13-30-20-14-29(10-8-15-4-2-1-3-5-15)11-9-18(20)21(28-30)22(25,26)27/h1-7,12H,8-11,13-14H2. The van der Waals surface area contributed by atoms with Crippen LogP contribution in [0.15, 0.2) is 48.5 Å². The summed E-state index contributed by atoms with van der Waals surface area (Å²) in [5, 5.41) is 4.08. The van der Waals surface area contributed by atoms with Gasteiger partial charge in [-0.1, -0.05) is 48.0 Å². The van der Waals surface area contributed by atoms with Crippen LogP contribution < -0.4 is 0 Å². The number of rotatable bonds is 5. The predicted molar refractivity (Wildman–Crippen MR) is 107 cm³/mol. The molecule has 0 N–H and O–H groups in total. The molecule has 30 heavy (non-hydrogen) atoms. The lowest BCUT2D eigenvalue weighted by atomic mass is 10.0. The molecule has 1 aliphatic heterocycles. The Morgan fingerprint density at radius 1 is 1.07 bits per heavy atom. The van der Waals surface area contributed by atoms with E-state index in [9.17, 15) is 17.6 Å². The average molecular weight is 438 g/mol. The number of aromatic nitrogens is 2. The molecular formula is C22H20ClF4N3. The Hall–Kier alpha value is -2.38. The molecule has 1 aromatic heterocycles. The second-order valence-corrected chi connectivity index (χ2v) is 7.86. The summed E-state index contributed by atoms with van der Waals surface area (Å²) in [7, 11) is 0. The molecule has 2 aromatic carbocycles. The number of nitrogens with zero attached hydrogens (tertiary/aromatic N) is 3. The van der Waals surface area contributed by atoms with Crippen LogP contribution in [0.25, 0.3) is 0 Å². The van der Waals surface area contributed by atoms with Crippen LogP contribution in [0.1, 0.15) is 28.1 Å². The molecule has 0 aliphatic carbocycles. The summed E-state index contributed by atoms with van der Waals surface area (Å²) in [4.78, 5) is 2.12. The van der Waals surface area contributed by atoms with Crippen LogP contribution >= 0.6 is 11.6 Å². The second kappa shape index (κ2) is 8.40. The molecule has 0 unspecified atom stereocenters. The van der Waals surface area contributed by atoms with Crippen molar-refractivity contribution in [2.75, 3.05) is 13.1 Å². The highest BCUT2D eigenvalue weighted by atomic mass is 35.5. The molecule has 0 bridgehead atoms. The van der Waals surface area contributed by atoms with Gasteiger partial charge in [-0.3, -0.25) is 9.58 Å². The van der Waals surface area contributed by atoms with Crippen molar-refractivity contribution >= 4 is 11.6 Å². The topological polar surface area (TPSA) is 21.1 Å². The first-order chi connectivity index (χ1) is 14.3. The number of benzene rings is 2. The van der Waals surface area contributed by atoms with E-state index in [1.54, 1.807) is 0 Å². The molecule has 0 atom stereocenters. The van der Waals surface area contributed by atoms with Crippen molar-refractivity contribution in [3.8, 4) is 0 Å². The third kappa shape index (κ3) is 4.52. The number of halogens is 5. The van der Waals surface area contributed by atoms with Gasteiger partial charge in [0.2, 0.25) is 0 Å². The molecule has 3 aromatic rings. The SMILES string of the molecule is Fc1cc(Cl)ccc1Cn1nc(C(F)(F)F)c2c1CN(CCc1ccccc1)CC2. The fourth-order valence-corrected chi connectivity index (χ4v) is 3.99. The summed E-state index contributed by atoms with van der Waals surface area (Å²) in [5.41, 5.74) is 1.27. The fourth-order valence-electron chi connectivity index (χ4n) is 3.83. The minimum atomic E-state index is -4.54. The van der Waals surface area contributed by atoms with E-state index in [2.05, 4.69) is 10.00 Å². The van der Waals surface area contributed by atoms with Gasteiger partial charge >= 0.3 is 6.18 Å². The molecule has 3 nitrogen and oxygen atoms in total. The number of hydrogen-bond acceptors (Lipinski definition) is 2. The highest BCUT2D eigenvalue weighted by Crippen LogP contribution is 2.35. The van der Waals surface area contributed by atoms with Gasteiger partial charge in [0.25, 0.3) is 0 Å². The summed E-state index contributed by atoms with van der Waals surface area (Å²) < 4.78 is 56.2. The molecule has 2 heterocycles. The van der Waals surface area contributed by atoms with Gasteiger partial charge in [0.1, 0.15) is 5.82 Å². The molecule has 0 radical (unpaired) electrons. The van der Waals surface area contributed by atoms with Gasteiger partial charge in [-0.2, -0.15) is 18.3 Å². The number of alkyl halides is 3. The maximum atomic E-state index is 14.2. The Balaban J connectivity index is 1.59. The van der Waals surface area contributed by atoms with E-state index in [4.69, 9.17) is 11.6 Å². The first-order valence-electron chi connectivity index (χ1n) is 9.67. The summed E-state index contributed by atoms with van der Waals surface area (Å²) in [6, 6.07) is 14.1. The van der Waals surface area contributed by atoms with Crippen molar-refractivity contribution in [2.45, 2.75) is 32.1 Å². The van der Waals surface area contributed by atoms with Crippen molar-refractivity contribution < 1.29 is 17.6 Å². The van der Waals surface area contributed by atoms with Crippen LogP contribution in [0, 0.1) is 5.82 Å². The lowest BCUT2D eigenvalue weighted by Crippen LogP contribution is -2.33. The second-order valence-electron chi connectivity index (χ2n) is 7.43. The van der Waals surface area contributed by atoms with Gasteiger partial charge in [0, 0.05) is 35.8 Å². The largest absolute Gasteiger partial charge is 0.435 e. The Kier molecular flexibility index (Phi) is 5.84. The smallest absolute Gasteiger partial charge is 0.297 e. The van der Waals surface area contributed by atoms with E-state index in [1.165, 1.54) is 22.4 Å². The zero-order chi connectivity index (χ0) is 21.3. The van der Waals surface area contributed by atoms with Gasteiger partial charge < -0.3 is 0 Å². The molecule has 1 aliphatic rings. The normalized spacial score (nSPS) is 14.7. The van der Waals surface area contributed by atoms with E-state index in [0.29, 0.717) is 18.8 Å². The molecule has 0 saturated heterocycles. The van der Waals surface area contributed by atoms with E-state index in [1.807, 2.05) is 30.3 Å². The van der Waals surface area contributed by atoms with Crippen LogP contribution in [0.5, 0.6) is 0 Å². The lowest BCUT2D eigenvalue weighted by Gasteiger charge is -2.28. The molecule has 8 heteroatoms. The Morgan fingerprint density at radius 2 is 1.83 bits per heavy atom. The van der Waals surface area contributed by atoms with Gasteiger partial charge in [-0.05, 0) is 30.5 Å². The quantitative estimate of drug-likeness (QED) is 0.502. The van der Waals surface area contributed by atoms with Crippen LogP contribution in [0.4, 0.5) is 17.6 Å². The molecule has 0 amide bonds. The van der Waals surface area contributed by atoms with Crippen molar-refractivity contribution in [3.05, 3.63) is 87.4 Å². The molecule has 4 rings (SSSR count). The van der Waals surface area contributed by atoms with E-state index in [0.717, 1.165) is 19.0 Å². The third-order valence-corrected chi connectivity index (χ3v) is 5.62. The van der Waals surface area contributed by atoms with Crippen LogP contribution in [0.2, 0.25) is 5.02 Å². The predicted octanol–water partition coefficient (Wildman–Crippen LogP) is 5.34. The number of fused-ring (bicyclic) bond motifs is 1. The Labute approximate surface area is 176 Å². The van der Waals surface area contributed by atoms with Crippen LogP contribution in [-0.4, -0.2) is 27.8 Å². The summed E-state index contributed by atoms with van der Waals surface area (Å²) >= 11 is 5.79. The Bertz CT molecular complexity index is 1030. The average Bonchev–Trinajstić information content (AvgIpc) is 3.07. The highest BCUT2D eigenvalue weighted by molar-refractivity contribution is 6.30. The first kappa shape index (κ1) is 20.9. The number of hydrogen-bond donors (Lipinski definition) is 0. The van der Waals surface area contributed by atoms with Crippen molar-refractivity contribution in [1.82, 2.24) is 14.7 Å². The first-order valence-corrected chi connectivity index (χ1v) is 10.0. The molecular weight excluding hydrogens is 418 g/mol. The maximum absolute atomic E-state index is 14.2. The molecule has 0 spiro atoms. The van der Waals surface area contributed by atoms with Crippen molar-refractivity contribution in [3.63, 3.8) is 0 Å². The lowest BCUT2D eigenvalue weighted by molar-refractivity contribution is -0.142. The van der Waals surface area contributed by atoms with Gasteiger partial charge in [-0.15, -0.1) is 0 Å². The van der Waals surface area contributed by atoms with E-state index >= 15 is 0 Å². The zero-order valence-electron chi connectivity index (χ0n) is 16.1. The van der Waals surface area contributed by atoms with Crippen LogP contribution in [-0.2, 0) is 32.1 Å². The minimum absolute atomic E-state index is 0.0755. The Morgan fingerprint density at radius 3 is 2.53 bits per heavy atom. The summed E-state index contributed by atoms with van der Waals surface area (Å²) in [6.07, 6.45) is -3.47. The third-order valence-electron chi connectivity index (χ3n) is 5.38. The monoisotopic (exact) mass is 437 g/mol. The van der Waals surface area contributed by atoms with E-state index in [-0.39, 0.29) is 29.1 Å². The van der Waals surface area contributed by atoms with E-state index < -0.39 is 17.7 Å². The highest BCUT2D eigenvalue weighted by Gasteiger charge is 2.40. The molecule has 0 fully saturated rings. The minimum Gasteiger partial charge on any atom is -0.297 e. The maximum Gasteiger partial charge on any atom is 0.435 e. The van der Waals surface area contributed by atoms with Gasteiger partial charge in [0.15, 0.2) is 5.69 Å². The van der Waals surface area contributed by atoms with Gasteiger partial charge in [-0.25, -0.2) is 4.39 Å². The molecule has 158 valence electrons. The zero-order valence-corrected chi connectivity index (χ0v) is 16.8. The fraction of sp³-hybridized carbons (Fsp3) is 0.318.